The maximum Gasteiger partial charge on any atom is 0.319 e. The second-order valence-electron chi connectivity index (χ2n) is 5.74. The quantitative estimate of drug-likeness (QED) is 0.309. The normalized spacial score (nSPS) is 12.7. The molecule has 0 N–H and O–H groups in total. The van der Waals surface area contributed by atoms with Gasteiger partial charge in [0, 0.05) is 13.6 Å². The van der Waals surface area contributed by atoms with E-state index >= 15 is 0 Å². The lowest BCUT2D eigenvalue weighted by Gasteiger charge is -2.31. The number of rotatable bonds is 7. The highest BCUT2D eigenvalue weighted by Gasteiger charge is 2.40. The fraction of sp³-hybridized carbons (Fsp3) is 0.733. The van der Waals surface area contributed by atoms with Crippen molar-refractivity contribution < 1.29 is 14.3 Å². The molecule has 0 heterocycles. The second kappa shape index (κ2) is 7.97. The van der Waals surface area contributed by atoms with Crippen molar-refractivity contribution in [2.45, 2.75) is 40.5 Å². The first kappa shape index (κ1) is 17.7. The zero-order chi connectivity index (χ0) is 15.1. The number of hydrogen-bond acceptors (Lipinski definition) is 3. The Bertz CT molecular complexity index is 318. The van der Waals surface area contributed by atoms with Crippen molar-refractivity contribution in [2.75, 3.05) is 20.2 Å². The fourth-order valence-electron chi connectivity index (χ4n) is 1.85. The SMILES string of the molecule is C=CCCCN(C)C(=O)C(C(=O)OCC)C(C)(C)C. The number of allylic oxidation sites excluding steroid dienone is 1. The van der Waals surface area contributed by atoms with E-state index in [2.05, 4.69) is 6.58 Å². The highest BCUT2D eigenvalue weighted by Crippen LogP contribution is 2.28. The average Bonchev–Trinajstić information content (AvgIpc) is 2.27. The Morgan fingerprint density at radius 3 is 2.37 bits per heavy atom. The fourth-order valence-corrected chi connectivity index (χ4v) is 1.85. The third-order valence-electron chi connectivity index (χ3n) is 2.91. The van der Waals surface area contributed by atoms with Crippen molar-refractivity contribution in [3.8, 4) is 0 Å². The van der Waals surface area contributed by atoms with Gasteiger partial charge in [-0.05, 0) is 25.2 Å². The Balaban J connectivity index is 4.81. The smallest absolute Gasteiger partial charge is 0.319 e. The minimum Gasteiger partial charge on any atom is -0.465 e. The summed E-state index contributed by atoms with van der Waals surface area (Å²) in [4.78, 5) is 26.0. The van der Waals surface area contributed by atoms with Gasteiger partial charge in [-0.1, -0.05) is 26.8 Å². The number of carbonyl (C=O) groups is 2. The van der Waals surface area contributed by atoms with Crippen LogP contribution in [0.4, 0.5) is 0 Å². The molecule has 0 aliphatic carbocycles. The van der Waals surface area contributed by atoms with E-state index in [0.29, 0.717) is 13.2 Å². The van der Waals surface area contributed by atoms with E-state index < -0.39 is 17.3 Å². The van der Waals surface area contributed by atoms with Gasteiger partial charge in [0.15, 0.2) is 0 Å². The largest absolute Gasteiger partial charge is 0.465 e. The molecule has 0 radical (unpaired) electrons. The van der Waals surface area contributed by atoms with Crippen LogP contribution in [0.25, 0.3) is 0 Å². The van der Waals surface area contributed by atoms with E-state index in [1.165, 1.54) is 0 Å². The van der Waals surface area contributed by atoms with Gasteiger partial charge in [-0.2, -0.15) is 0 Å². The first-order chi connectivity index (χ1) is 8.75. The molecule has 0 rings (SSSR count). The maximum atomic E-state index is 12.4. The molecule has 0 aliphatic heterocycles. The number of unbranched alkanes of at least 4 members (excludes halogenated alkanes) is 1. The first-order valence-corrected chi connectivity index (χ1v) is 6.78. The van der Waals surface area contributed by atoms with E-state index in [0.717, 1.165) is 12.8 Å². The van der Waals surface area contributed by atoms with Crippen molar-refractivity contribution in [3.63, 3.8) is 0 Å². The molecule has 4 nitrogen and oxygen atoms in total. The standard InChI is InChI=1S/C15H27NO3/c1-7-9-10-11-16(6)13(17)12(15(3,4)5)14(18)19-8-2/h7,12H,1,8-11H2,2-6H3. The molecule has 1 unspecified atom stereocenters. The predicted octanol–water partition coefficient (Wildman–Crippen LogP) is 2.64. The molecule has 0 bridgehead atoms. The number of hydrogen-bond donors (Lipinski definition) is 0. The summed E-state index contributed by atoms with van der Waals surface area (Å²) in [5, 5.41) is 0. The molecule has 110 valence electrons. The molecule has 19 heavy (non-hydrogen) atoms. The topological polar surface area (TPSA) is 46.6 Å². The summed E-state index contributed by atoms with van der Waals surface area (Å²) in [6, 6.07) is 0. The number of nitrogens with zero attached hydrogens (tertiary/aromatic N) is 1. The lowest BCUT2D eigenvalue weighted by atomic mass is 9.80. The van der Waals surface area contributed by atoms with Gasteiger partial charge in [-0.25, -0.2) is 0 Å². The van der Waals surface area contributed by atoms with Crippen LogP contribution >= 0.6 is 0 Å². The molecule has 0 aromatic heterocycles. The van der Waals surface area contributed by atoms with Gasteiger partial charge in [0.2, 0.25) is 5.91 Å². The first-order valence-electron chi connectivity index (χ1n) is 6.78. The van der Waals surface area contributed by atoms with Crippen LogP contribution in [0.1, 0.15) is 40.5 Å². The van der Waals surface area contributed by atoms with Crippen molar-refractivity contribution >= 4 is 11.9 Å². The van der Waals surface area contributed by atoms with Crippen LogP contribution in [-0.4, -0.2) is 37.0 Å². The monoisotopic (exact) mass is 269 g/mol. The zero-order valence-corrected chi connectivity index (χ0v) is 12.9. The van der Waals surface area contributed by atoms with E-state index in [9.17, 15) is 9.59 Å². The molecule has 1 amide bonds. The molecule has 0 fully saturated rings. The minimum absolute atomic E-state index is 0.171. The van der Waals surface area contributed by atoms with Gasteiger partial charge >= 0.3 is 5.97 Å². The van der Waals surface area contributed by atoms with Crippen molar-refractivity contribution in [3.05, 3.63) is 12.7 Å². The molecule has 0 aromatic rings. The summed E-state index contributed by atoms with van der Waals surface area (Å²) in [5.41, 5.74) is -0.448. The van der Waals surface area contributed by atoms with E-state index in [1.54, 1.807) is 18.9 Å². The zero-order valence-electron chi connectivity index (χ0n) is 12.9. The highest BCUT2D eigenvalue weighted by molar-refractivity contribution is 5.98. The summed E-state index contributed by atoms with van der Waals surface area (Å²) in [6.45, 7) is 11.9. The molecule has 0 aliphatic rings. The Morgan fingerprint density at radius 1 is 1.37 bits per heavy atom. The lowest BCUT2D eigenvalue weighted by molar-refractivity contribution is -0.160. The van der Waals surface area contributed by atoms with Crippen LogP contribution in [0, 0.1) is 11.3 Å². The Labute approximate surface area is 116 Å². The van der Waals surface area contributed by atoms with E-state index in [-0.39, 0.29) is 5.91 Å². The number of ether oxygens (including phenoxy) is 1. The number of carbonyl (C=O) groups excluding carboxylic acids is 2. The second-order valence-corrected chi connectivity index (χ2v) is 5.74. The molecule has 0 saturated carbocycles. The molecule has 0 saturated heterocycles. The third-order valence-corrected chi connectivity index (χ3v) is 2.91. The Kier molecular flexibility index (Phi) is 7.42. The van der Waals surface area contributed by atoms with Crippen LogP contribution < -0.4 is 0 Å². The maximum absolute atomic E-state index is 12.4. The van der Waals surface area contributed by atoms with Crippen molar-refractivity contribution in [1.82, 2.24) is 4.90 Å². The Morgan fingerprint density at radius 2 is 1.95 bits per heavy atom. The molecule has 1 atom stereocenters. The summed E-state index contributed by atoms with van der Waals surface area (Å²) < 4.78 is 5.02. The summed E-state index contributed by atoms with van der Waals surface area (Å²) in [5.74, 6) is -1.35. The van der Waals surface area contributed by atoms with Crippen molar-refractivity contribution in [2.24, 2.45) is 11.3 Å². The number of esters is 1. The summed E-state index contributed by atoms with van der Waals surface area (Å²) in [6.07, 6.45) is 3.54. The minimum atomic E-state index is -0.749. The van der Waals surface area contributed by atoms with Gasteiger partial charge < -0.3 is 9.64 Å². The van der Waals surface area contributed by atoms with Crippen LogP contribution in [-0.2, 0) is 14.3 Å². The lowest BCUT2D eigenvalue weighted by Crippen LogP contribution is -2.44. The van der Waals surface area contributed by atoms with Crippen LogP contribution in [0.3, 0.4) is 0 Å². The molecular weight excluding hydrogens is 242 g/mol. The van der Waals surface area contributed by atoms with Gasteiger partial charge in [0.05, 0.1) is 6.61 Å². The van der Waals surface area contributed by atoms with Crippen LogP contribution in [0.5, 0.6) is 0 Å². The van der Waals surface area contributed by atoms with Gasteiger partial charge in [0.1, 0.15) is 5.92 Å². The number of amides is 1. The summed E-state index contributed by atoms with van der Waals surface area (Å²) in [7, 11) is 1.73. The van der Waals surface area contributed by atoms with Crippen molar-refractivity contribution in [1.29, 1.82) is 0 Å². The van der Waals surface area contributed by atoms with E-state index in [1.807, 2.05) is 26.8 Å². The third kappa shape index (κ3) is 5.90. The Hall–Kier alpha value is -1.32. The van der Waals surface area contributed by atoms with Gasteiger partial charge in [-0.15, -0.1) is 6.58 Å². The van der Waals surface area contributed by atoms with Gasteiger partial charge in [0.25, 0.3) is 0 Å². The molecule has 0 spiro atoms. The molecular formula is C15H27NO3. The average molecular weight is 269 g/mol. The predicted molar refractivity (Wildman–Crippen MR) is 76.6 cm³/mol. The van der Waals surface area contributed by atoms with E-state index in [4.69, 9.17) is 4.74 Å². The van der Waals surface area contributed by atoms with Crippen LogP contribution in [0.15, 0.2) is 12.7 Å². The van der Waals surface area contributed by atoms with Gasteiger partial charge in [-0.3, -0.25) is 9.59 Å². The molecule has 0 aromatic carbocycles. The molecule has 4 heteroatoms. The van der Waals surface area contributed by atoms with Crippen LogP contribution in [0.2, 0.25) is 0 Å². The summed E-state index contributed by atoms with van der Waals surface area (Å²) >= 11 is 0. The highest BCUT2D eigenvalue weighted by atomic mass is 16.5.